The van der Waals surface area contributed by atoms with Gasteiger partial charge >= 0.3 is 0 Å². The number of carbonyl (C=O) groups excluding carboxylic acids is 1. The summed E-state index contributed by atoms with van der Waals surface area (Å²) < 4.78 is 18.7. The lowest BCUT2D eigenvalue weighted by atomic mass is 10.1. The van der Waals surface area contributed by atoms with Crippen molar-refractivity contribution in [1.82, 2.24) is 4.98 Å². The number of amides is 1. The van der Waals surface area contributed by atoms with Gasteiger partial charge in [-0.2, -0.15) is 0 Å². The van der Waals surface area contributed by atoms with E-state index in [2.05, 4.69) is 10.3 Å². The largest absolute Gasteiger partial charge is 0.492 e. The van der Waals surface area contributed by atoms with Crippen molar-refractivity contribution < 1.29 is 13.9 Å². The summed E-state index contributed by atoms with van der Waals surface area (Å²) >= 11 is 0. The highest BCUT2D eigenvalue weighted by Crippen LogP contribution is 2.25. The fourth-order valence-electron chi connectivity index (χ4n) is 2.52. The standard InChI is InChI=1S/C18H17FN2O2/c1-2-23-17-6-4-3-5-15(17)21-18(22)9-12-11-20-16-10-13(19)7-8-14(12)16/h3-8,10-11,20H,2,9H2,1H3,(H,21,22). The van der Waals surface area contributed by atoms with Gasteiger partial charge in [0.25, 0.3) is 0 Å². The van der Waals surface area contributed by atoms with Gasteiger partial charge in [0, 0.05) is 17.1 Å². The molecule has 1 amide bonds. The smallest absolute Gasteiger partial charge is 0.228 e. The van der Waals surface area contributed by atoms with Crippen LogP contribution in [-0.4, -0.2) is 17.5 Å². The van der Waals surface area contributed by atoms with Crippen LogP contribution in [0.25, 0.3) is 10.9 Å². The van der Waals surface area contributed by atoms with Crippen molar-refractivity contribution in [3.8, 4) is 5.75 Å². The number of aromatic nitrogens is 1. The predicted molar refractivity (Wildman–Crippen MR) is 88.2 cm³/mol. The zero-order valence-electron chi connectivity index (χ0n) is 12.7. The lowest BCUT2D eigenvalue weighted by Crippen LogP contribution is -2.15. The van der Waals surface area contributed by atoms with Crippen molar-refractivity contribution >= 4 is 22.5 Å². The van der Waals surface area contributed by atoms with E-state index in [-0.39, 0.29) is 18.1 Å². The van der Waals surface area contributed by atoms with E-state index in [4.69, 9.17) is 4.74 Å². The Morgan fingerprint density at radius 1 is 1.26 bits per heavy atom. The molecule has 3 aromatic rings. The molecule has 0 radical (unpaired) electrons. The lowest BCUT2D eigenvalue weighted by molar-refractivity contribution is -0.115. The molecule has 0 bridgehead atoms. The maximum atomic E-state index is 13.2. The van der Waals surface area contributed by atoms with Crippen molar-refractivity contribution in [3.05, 3.63) is 60.0 Å². The second-order valence-electron chi connectivity index (χ2n) is 5.16. The summed E-state index contributed by atoms with van der Waals surface area (Å²) in [7, 11) is 0. The number of H-pyrrole nitrogens is 1. The number of fused-ring (bicyclic) bond motifs is 1. The van der Waals surface area contributed by atoms with Gasteiger partial charge in [0.05, 0.1) is 18.7 Å². The highest BCUT2D eigenvalue weighted by Gasteiger charge is 2.11. The number of rotatable bonds is 5. The van der Waals surface area contributed by atoms with Gasteiger partial charge < -0.3 is 15.0 Å². The SMILES string of the molecule is CCOc1ccccc1NC(=O)Cc1c[nH]c2cc(F)ccc12. The first-order valence-electron chi connectivity index (χ1n) is 7.44. The molecular formula is C18H17FN2O2. The molecule has 2 N–H and O–H groups in total. The van der Waals surface area contributed by atoms with E-state index in [1.807, 2.05) is 25.1 Å². The number of aromatic amines is 1. The topological polar surface area (TPSA) is 54.1 Å². The molecule has 3 rings (SSSR count). The molecule has 4 nitrogen and oxygen atoms in total. The molecular weight excluding hydrogens is 295 g/mol. The third-order valence-electron chi connectivity index (χ3n) is 3.54. The van der Waals surface area contributed by atoms with E-state index in [0.29, 0.717) is 23.6 Å². The summed E-state index contributed by atoms with van der Waals surface area (Å²) in [6, 6.07) is 11.8. The maximum absolute atomic E-state index is 13.2. The molecule has 0 unspecified atom stereocenters. The summed E-state index contributed by atoms with van der Waals surface area (Å²) in [5.74, 6) is 0.188. The van der Waals surface area contributed by atoms with Crippen LogP contribution in [0.3, 0.4) is 0 Å². The summed E-state index contributed by atoms with van der Waals surface area (Å²) in [5.41, 5.74) is 2.15. The molecule has 118 valence electrons. The Labute approximate surface area is 133 Å². The number of halogens is 1. The second kappa shape index (κ2) is 6.52. The van der Waals surface area contributed by atoms with Gasteiger partial charge in [-0.05, 0) is 42.8 Å². The Bertz CT molecular complexity index is 842. The number of hydrogen-bond acceptors (Lipinski definition) is 2. The molecule has 5 heteroatoms. The van der Waals surface area contributed by atoms with E-state index < -0.39 is 0 Å². The summed E-state index contributed by atoms with van der Waals surface area (Å²) in [5, 5.41) is 3.70. The van der Waals surface area contributed by atoms with E-state index >= 15 is 0 Å². The zero-order chi connectivity index (χ0) is 16.2. The van der Waals surface area contributed by atoms with Crippen molar-refractivity contribution in [1.29, 1.82) is 0 Å². The molecule has 0 aliphatic carbocycles. The number of ether oxygens (including phenoxy) is 1. The third-order valence-corrected chi connectivity index (χ3v) is 3.54. The van der Waals surface area contributed by atoms with Crippen LogP contribution in [0, 0.1) is 5.82 Å². The first-order chi connectivity index (χ1) is 11.2. The van der Waals surface area contributed by atoms with Crippen LogP contribution in [0.1, 0.15) is 12.5 Å². The first-order valence-corrected chi connectivity index (χ1v) is 7.44. The number of anilines is 1. The lowest BCUT2D eigenvalue weighted by Gasteiger charge is -2.11. The summed E-state index contributed by atoms with van der Waals surface area (Å²) in [4.78, 5) is 15.3. The molecule has 0 spiro atoms. The molecule has 1 heterocycles. The molecule has 0 aliphatic rings. The maximum Gasteiger partial charge on any atom is 0.228 e. The first kappa shape index (κ1) is 15.1. The van der Waals surface area contributed by atoms with E-state index in [0.717, 1.165) is 10.9 Å². The molecule has 1 aromatic heterocycles. The Balaban J connectivity index is 1.76. The van der Waals surface area contributed by atoms with Gasteiger partial charge in [-0.3, -0.25) is 4.79 Å². The van der Waals surface area contributed by atoms with Gasteiger partial charge in [-0.1, -0.05) is 12.1 Å². The minimum atomic E-state index is -0.305. The average molecular weight is 312 g/mol. The van der Waals surface area contributed by atoms with Gasteiger partial charge in [0.15, 0.2) is 0 Å². The second-order valence-corrected chi connectivity index (χ2v) is 5.16. The number of para-hydroxylation sites is 2. The molecule has 0 aliphatic heterocycles. The highest BCUT2D eigenvalue weighted by molar-refractivity contribution is 5.96. The van der Waals surface area contributed by atoms with Crippen LogP contribution in [-0.2, 0) is 11.2 Å². The van der Waals surface area contributed by atoms with Crippen LogP contribution in [0.15, 0.2) is 48.7 Å². The van der Waals surface area contributed by atoms with Gasteiger partial charge in [-0.25, -0.2) is 4.39 Å². The molecule has 0 saturated carbocycles. The van der Waals surface area contributed by atoms with Crippen molar-refractivity contribution in [2.24, 2.45) is 0 Å². The molecule has 0 fully saturated rings. The molecule has 0 saturated heterocycles. The normalized spacial score (nSPS) is 10.7. The van der Waals surface area contributed by atoms with Gasteiger partial charge in [0.2, 0.25) is 5.91 Å². The Kier molecular flexibility index (Phi) is 4.28. The quantitative estimate of drug-likeness (QED) is 0.751. The van der Waals surface area contributed by atoms with Crippen LogP contribution in [0.2, 0.25) is 0 Å². The van der Waals surface area contributed by atoms with Crippen molar-refractivity contribution in [2.45, 2.75) is 13.3 Å². The zero-order valence-corrected chi connectivity index (χ0v) is 12.7. The van der Waals surface area contributed by atoms with Crippen LogP contribution in [0.4, 0.5) is 10.1 Å². The third kappa shape index (κ3) is 3.34. The summed E-state index contributed by atoms with van der Waals surface area (Å²) in [6.45, 7) is 2.42. The fourth-order valence-corrected chi connectivity index (χ4v) is 2.52. The minimum Gasteiger partial charge on any atom is -0.492 e. The number of benzene rings is 2. The van der Waals surface area contributed by atoms with Crippen LogP contribution >= 0.6 is 0 Å². The van der Waals surface area contributed by atoms with E-state index in [1.165, 1.54) is 12.1 Å². The molecule has 0 atom stereocenters. The van der Waals surface area contributed by atoms with Crippen molar-refractivity contribution in [2.75, 3.05) is 11.9 Å². The number of carbonyl (C=O) groups is 1. The van der Waals surface area contributed by atoms with Crippen molar-refractivity contribution in [3.63, 3.8) is 0 Å². The Hall–Kier alpha value is -2.82. The average Bonchev–Trinajstić information content (AvgIpc) is 2.91. The summed E-state index contributed by atoms with van der Waals surface area (Å²) in [6.07, 6.45) is 1.93. The van der Waals surface area contributed by atoms with Crippen LogP contribution in [0.5, 0.6) is 5.75 Å². The number of hydrogen-bond donors (Lipinski definition) is 2. The minimum absolute atomic E-state index is 0.151. The molecule has 2 aromatic carbocycles. The Morgan fingerprint density at radius 3 is 2.91 bits per heavy atom. The van der Waals surface area contributed by atoms with Gasteiger partial charge in [0.1, 0.15) is 11.6 Å². The Morgan fingerprint density at radius 2 is 2.09 bits per heavy atom. The van der Waals surface area contributed by atoms with E-state index in [9.17, 15) is 9.18 Å². The van der Waals surface area contributed by atoms with Gasteiger partial charge in [-0.15, -0.1) is 0 Å². The molecule has 23 heavy (non-hydrogen) atoms. The fraction of sp³-hybridized carbons (Fsp3) is 0.167. The highest BCUT2D eigenvalue weighted by atomic mass is 19.1. The van der Waals surface area contributed by atoms with E-state index in [1.54, 1.807) is 18.3 Å². The van der Waals surface area contributed by atoms with Crippen LogP contribution < -0.4 is 10.1 Å². The monoisotopic (exact) mass is 312 g/mol. The predicted octanol–water partition coefficient (Wildman–Crippen LogP) is 3.89. The number of nitrogens with one attached hydrogen (secondary N) is 2.